The molecule has 0 atom stereocenters. The van der Waals surface area contributed by atoms with Gasteiger partial charge in [-0.25, -0.2) is 0 Å². The smallest absolute Gasteiger partial charge is 0.305 e. The van der Waals surface area contributed by atoms with Crippen molar-refractivity contribution in [1.29, 1.82) is 0 Å². The molecule has 0 aliphatic heterocycles. The lowest BCUT2D eigenvalue weighted by molar-refractivity contribution is -0.384. The third kappa shape index (κ3) is 3.75. The average molecular weight is 238 g/mol. The first-order chi connectivity index (χ1) is 8.04. The number of aryl methyl sites for hydroxylation is 1. The maximum Gasteiger partial charge on any atom is 0.305 e. The van der Waals surface area contributed by atoms with Gasteiger partial charge in [-0.15, -0.1) is 0 Å². The van der Waals surface area contributed by atoms with Gasteiger partial charge in [0.1, 0.15) is 0 Å². The van der Waals surface area contributed by atoms with Gasteiger partial charge in [-0.2, -0.15) is 0 Å². The summed E-state index contributed by atoms with van der Waals surface area (Å²) in [6.07, 6.45) is 1.51. The van der Waals surface area contributed by atoms with Crippen LogP contribution in [-0.4, -0.2) is 18.0 Å². The van der Waals surface area contributed by atoms with Crippen LogP contribution in [0.4, 0.5) is 11.4 Å². The average Bonchev–Trinajstić information content (AvgIpc) is 2.30. The second-order valence-electron chi connectivity index (χ2n) is 3.57. The number of nitro groups is 1. The van der Waals surface area contributed by atoms with Gasteiger partial charge in [-0.1, -0.05) is 6.07 Å². The summed E-state index contributed by atoms with van der Waals surface area (Å²) in [7, 11) is 1.34. The molecular formula is C11H14N2O4. The van der Waals surface area contributed by atoms with E-state index in [2.05, 4.69) is 4.74 Å². The van der Waals surface area contributed by atoms with Crippen molar-refractivity contribution in [1.82, 2.24) is 0 Å². The van der Waals surface area contributed by atoms with Gasteiger partial charge in [-0.05, 0) is 18.4 Å². The zero-order valence-corrected chi connectivity index (χ0v) is 9.51. The van der Waals surface area contributed by atoms with E-state index in [1.54, 1.807) is 6.07 Å². The molecule has 17 heavy (non-hydrogen) atoms. The van der Waals surface area contributed by atoms with E-state index in [1.165, 1.54) is 19.2 Å². The normalized spacial score (nSPS) is 9.94. The molecule has 0 amide bonds. The first-order valence-electron chi connectivity index (χ1n) is 5.14. The third-order valence-electron chi connectivity index (χ3n) is 2.39. The molecule has 0 heterocycles. The number of non-ortho nitro benzene ring substituents is 1. The largest absolute Gasteiger partial charge is 0.469 e. The maximum absolute atomic E-state index is 10.9. The number of nitrogens with two attached hydrogens (primary N) is 1. The number of nitro benzene ring substituents is 1. The van der Waals surface area contributed by atoms with Crippen molar-refractivity contribution in [2.24, 2.45) is 0 Å². The van der Waals surface area contributed by atoms with Crippen molar-refractivity contribution in [3.8, 4) is 0 Å². The number of hydrogen-bond acceptors (Lipinski definition) is 5. The Morgan fingerprint density at radius 2 is 2.24 bits per heavy atom. The summed E-state index contributed by atoms with van der Waals surface area (Å²) in [5.74, 6) is -0.273. The monoisotopic (exact) mass is 238 g/mol. The fourth-order valence-electron chi connectivity index (χ4n) is 1.45. The molecule has 92 valence electrons. The standard InChI is InChI=1S/C11H14N2O4/c1-17-11(14)4-2-3-8-5-6-9(13(15)16)7-10(8)12/h5-7H,2-4,12H2,1H3. The molecule has 2 N–H and O–H groups in total. The maximum atomic E-state index is 10.9. The molecule has 0 spiro atoms. The van der Waals surface area contributed by atoms with E-state index in [1.807, 2.05) is 0 Å². The van der Waals surface area contributed by atoms with Crippen LogP contribution in [-0.2, 0) is 16.0 Å². The second-order valence-corrected chi connectivity index (χ2v) is 3.57. The van der Waals surface area contributed by atoms with Gasteiger partial charge in [0.15, 0.2) is 0 Å². The minimum absolute atomic E-state index is 0.0285. The van der Waals surface area contributed by atoms with E-state index in [4.69, 9.17) is 5.73 Å². The highest BCUT2D eigenvalue weighted by atomic mass is 16.6. The van der Waals surface area contributed by atoms with E-state index >= 15 is 0 Å². The lowest BCUT2D eigenvalue weighted by Crippen LogP contribution is -2.02. The lowest BCUT2D eigenvalue weighted by atomic mass is 10.1. The summed E-state index contributed by atoms with van der Waals surface area (Å²) in [6.45, 7) is 0. The number of rotatable bonds is 5. The molecule has 6 heteroatoms. The van der Waals surface area contributed by atoms with Crippen LogP contribution in [0.25, 0.3) is 0 Å². The summed E-state index contributed by atoms with van der Waals surface area (Å²) in [4.78, 5) is 20.9. The van der Waals surface area contributed by atoms with Crippen LogP contribution in [0.15, 0.2) is 18.2 Å². The molecule has 0 unspecified atom stereocenters. The summed E-state index contributed by atoms with van der Waals surface area (Å²) in [5, 5.41) is 10.5. The fourth-order valence-corrected chi connectivity index (χ4v) is 1.45. The lowest BCUT2D eigenvalue weighted by Gasteiger charge is -2.04. The summed E-state index contributed by atoms with van der Waals surface area (Å²) in [5.41, 5.74) is 6.84. The number of ether oxygens (including phenoxy) is 1. The second kappa shape index (κ2) is 5.83. The predicted octanol–water partition coefficient (Wildman–Crippen LogP) is 1.67. The number of benzene rings is 1. The number of nitrogens with zero attached hydrogens (tertiary/aromatic N) is 1. The summed E-state index contributed by atoms with van der Waals surface area (Å²) in [6, 6.07) is 4.35. The van der Waals surface area contributed by atoms with E-state index in [9.17, 15) is 14.9 Å². The Bertz CT molecular complexity index is 431. The number of hydrogen-bond donors (Lipinski definition) is 1. The van der Waals surface area contributed by atoms with Gasteiger partial charge in [0.05, 0.1) is 12.0 Å². The predicted molar refractivity (Wildman–Crippen MR) is 62.5 cm³/mol. The zero-order valence-electron chi connectivity index (χ0n) is 9.51. The summed E-state index contributed by atoms with van der Waals surface area (Å²) < 4.78 is 4.51. The molecule has 0 saturated heterocycles. The number of esters is 1. The van der Waals surface area contributed by atoms with Gasteiger partial charge >= 0.3 is 5.97 Å². The van der Waals surface area contributed by atoms with Gasteiger partial charge in [0, 0.05) is 24.2 Å². The molecule has 0 aromatic heterocycles. The number of carbonyl (C=O) groups is 1. The quantitative estimate of drug-likeness (QED) is 0.364. The number of methoxy groups -OCH3 is 1. The molecule has 1 aromatic carbocycles. The van der Waals surface area contributed by atoms with Gasteiger partial charge in [-0.3, -0.25) is 14.9 Å². The highest BCUT2D eigenvalue weighted by Gasteiger charge is 2.09. The Hall–Kier alpha value is -2.11. The molecule has 0 radical (unpaired) electrons. The SMILES string of the molecule is COC(=O)CCCc1ccc([N+](=O)[O-])cc1N. The van der Waals surface area contributed by atoms with Crippen LogP contribution in [0.5, 0.6) is 0 Å². The molecule has 0 bridgehead atoms. The van der Waals surface area contributed by atoms with E-state index in [0.29, 0.717) is 24.9 Å². The Kier molecular flexibility index (Phi) is 4.45. The van der Waals surface area contributed by atoms with Crippen molar-refractivity contribution in [2.45, 2.75) is 19.3 Å². The topological polar surface area (TPSA) is 95.5 Å². The Morgan fingerprint density at radius 3 is 2.76 bits per heavy atom. The Labute approximate surface area is 98.5 Å². The highest BCUT2D eigenvalue weighted by Crippen LogP contribution is 2.21. The van der Waals surface area contributed by atoms with Crippen LogP contribution in [0, 0.1) is 10.1 Å². The van der Waals surface area contributed by atoms with Crippen molar-refractivity contribution in [3.63, 3.8) is 0 Å². The number of carbonyl (C=O) groups excluding carboxylic acids is 1. The molecule has 0 aliphatic rings. The first-order valence-corrected chi connectivity index (χ1v) is 5.14. The van der Waals surface area contributed by atoms with Crippen LogP contribution in [0.3, 0.4) is 0 Å². The van der Waals surface area contributed by atoms with Crippen LogP contribution >= 0.6 is 0 Å². The molecule has 0 fully saturated rings. The molecular weight excluding hydrogens is 224 g/mol. The number of anilines is 1. The van der Waals surface area contributed by atoms with Crippen LogP contribution in [0.1, 0.15) is 18.4 Å². The molecule has 1 rings (SSSR count). The number of nitrogen functional groups attached to an aromatic ring is 1. The van der Waals surface area contributed by atoms with Crippen molar-refractivity contribution >= 4 is 17.3 Å². The first kappa shape index (κ1) is 13.0. The third-order valence-corrected chi connectivity index (χ3v) is 2.39. The van der Waals surface area contributed by atoms with E-state index < -0.39 is 4.92 Å². The van der Waals surface area contributed by atoms with Crippen molar-refractivity contribution in [2.75, 3.05) is 12.8 Å². The highest BCUT2D eigenvalue weighted by molar-refractivity contribution is 5.69. The van der Waals surface area contributed by atoms with E-state index in [-0.39, 0.29) is 11.7 Å². The minimum atomic E-state index is -0.491. The molecule has 0 saturated carbocycles. The summed E-state index contributed by atoms with van der Waals surface area (Å²) >= 11 is 0. The Balaban J connectivity index is 2.60. The minimum Gasteiger partial charge on any atom is -0.469 e. The molecule has 1 aromatic rings. The van der Waals surface area contributed by atoms with Gasteiger partial charge in [0.2, 0.25) is 0 Å². The van der Waals surface area contributed by atoms with Crippen molar-refractivity contribution < 1.29 is 14.5 Å². The van der Waals surface area contributed by atoms with Crippen LogP contribution < -0.4 is 5.73 Å². The van der Waals surface area contributed by atoms with Gasteiger partial charge in [0.25, 0.3) is 5.69 Å². The fraction of sp³-hybridized carbons (Fsp3) is 0.364. The molecule has 0 aliphatic carbocycles. The van der Waals surface area contributed by atoms with E-state index in [0.717, 1.165) is 5.56 Å². The van der Waals surface area contributed by atoms with Crippen LogP contribution in [0.2, 0.25) is 0 Å². The molecule has 6 nitrogen and oxygen atoms in total. The van der Waals surface area contributed by atoms with Crippen molar-refractivity contribution in [3.05, 3.63) is 33.9 Å². The Morgan fingerprint density at radius 1 is 1.53 bits per heavy atom. The van der Waals surface area contributed by atoms with Gasteiger partial charge < -0.3 is 10.5 Å². The zero-order chi connectivity index (χ0) is 12.8.